The third kappa shape index (κ3) is 5.10. The van der Waals surface area contributed by atoms with E-state index in [1.807, 2.05) is 0 Å². The quantitative estimate of drug-likeness (QED) is 0.472. The molecule has 1 unspecified atom stereocenters. The Hall–Kier alpha value is -1.74. The summed E-state index contributed by atoms with van der Waals surface area (Å²) in [7, 11) is 0. The number of halogens is 3. The van der Waals surface area contributed by atoms with E-state index in [1.165, 1.54) is 31.2 Å². The fourth-order valence-corrected chi connectivity index (χ4v) is 1.48. The normalized spacial score (nSPS) is 12.8. The van der Waals surface area contributed by atoms with Crippen LogP contribution in [0.15, 0.2) is 24.3 Å². The number of hydrogen-bond acceptors (Lipinski definition) is 5. The zero-order valence-corrected chi connectivity index (χ0v) is 10.9. The first-order valence-corrected chi connectivity index (χ1v) is 6.21. The molecule has 9 heteroatoms. The van der Waals surface area contributed by atoms with Gasteiger partial charge < -0.3 is 4.74 Å². The van der Waals surface area contributed by atoms with E-state index in [4.69, 9.17) is 4.74 Å². The number of alkyl halides is 3. The smallest absolute Gasteiger partial charge is 0.427 e. The summed E-state index contributed by atoms with van der Waals surface area (Å²) in [6, 6.07) is 5.10. The number of ether oxygens (including phenoxy) is 1. The summed E-state index contributed by atoms with van der Waals surface area (Å²) in [5.74, 6) is -1.14. The summed E-state index contributed by atoms with van der Waals surface area (Å²) in [4.78, 5) is 22.1. The van der Waals surface area contributed by atoms with Crippen LogP contribution in [0.5, 0.6) is 5.75 Å². The summed E-state index contributed by atoms with van der Waals surface area (Å²) in [5, 5.41) is 0. The van der Waals surface area contributed by atoms with Gasteiger partial charge in [0.2, 0.25) is 0 Å². The third-order valence-electron chi connectivity index (χ3n) is 1.92. The van der Waals surface area contributed by atoms with Crippen molar-refractivity contribution in [1.82, 2.24) is 0 Å². The Kier molecular flexibility index (Phi) is 5.40. The average Bonchev–Trinajstić information content (AvgIpc) is 2.34. The van der Waals surface area contributed by atoms with Gasteiger partial charge in [0.1, 0.15) is 12.4 Å². The molecule has 1 aromatic carbocycles. The van der Waals surface area contributed by atoms with E-state index in [-0.39, 0.29) is 11.3 Å². The van der Waals surface area contributed by atoms with E-state index < -0.39 is 34.9 Å². The molecule has 0 radical (unpaired) electrons. The Labute approximate surface area is 114 Å². The molecule has 0 aliphatic heterocycles. The molecule has 1 aromatic rings. The first-order chi connectivity index (χ1) is 9.20. The number of Topliss-reactive ketones (excluding diaryl/α,β-unsaturated/α-hetero) is 1. The van der Waals surface area contributed by atoms with E-state index in [9.17, 15) is 27.0 Å². The van der Waals surface area contributed by atoms with Crippen molar-refractivity contribution in [3.05, 3.63) is 29.8 Å². The van der Waals surface area contributed by atoms with Crippen molar-refractivity contribution in [3.8, 4) is 5.75 Å². The molecule has 0 fully saturated rings. The number of rotatable bonds is 5. The molecule has 0 bridgehead atoms. The van der Waals surface area contributed by atoms with Crippen molar-refractivity contribution in [2.24, 2.45) is 0 Å². The molecule has 5 nitrogen and oxygen atoms in total. The molecule has 0 saturated carbocycles. The van der Waals surface area contributed by atoms with E-state index >= 15 is 0 Å². The molecule has 20 heavy (non-hydrogen) atoms. The minimum atomic E-state index is -5.03. The second-order valence-corrected chi connectivity index (χ2v) is 4.65. The van der Waals surface area contributed by atoms with Gasteiger partial charge in [-0.1, -0.05) is 0 Å². The predicted octanol–water partition coefficient (Wildman–Crippen LogP) is 1.99. The molecular weight excluding hydrogens is 301 g/mol. The van der Waals surface area contributed by atoms with Crippen LogP contribution in [-0.2, 0) is 20.1 Å². The highest BCUT2D eigenvalue weighted by Crippen LogP contribution is 2.21. The van der Waals surface area contributed by atoms with Gasteiger partial charge in [0.05, 0.1) is 0 Å². The SMILES string of the molecule is CC(=O)Oc1ccc(C(=O)COS(=O)C(F)(F)F)cc1. The monoisotopic (exact) mass is 310 g/mol. The Morgan fingerprint density at radius 3 is 2.20 bits per heavy atom. The largest absolute Gasteiger partial charge is 0.497 e. The molecule has 0 aliphatic rings. The van der Waals surface area contributed by atoms with E-state index in [2.05, 4.69) is 4.18 Å². The zero-order valence-electron chi connectivity index (χ0n) is 10.1. The van der Waals surface area contributed by atoms with Crippen LogP contribution in [0.1, 0.15) is 17.3 Å². The van der Waals surface area contributed by atoms with Crippen molar-refractivity contribution >= 4 is 22.8 Å². The standard InChI is InChI=1S/C11H9F3O5S/c1-7(15)19-9-4-2-8(3-5-9)10(16)6-18-20(17)11(12,13)14/h2-5H,6H2,1H3. The van der Waals surface area contributed by atoms with Crippen molar-refractivity contribution < 1.29 is 35.9 Å². The van der Waals surface area contributed by atoms with Crippen LogP contribution in [0.2, 0.25) is 0 Å². The third-order valence-corrected chi connectivity index (χ3v) is 2.63. The van der Waals surface area contributed by atoms with Crippen molar-refractivity contribution in [3.63, 3.8) is 0 Å². The Bertz CT molecular complexity index is 524. The van der Waals surface area contributed by atoms with Gasteiger partial charge in [0, 0.05) is 12.5 Å². The van der Waals surface area contributed by atoms with Crippen LogP contribution in [0, 0.1) is 0 Å². The first-order valence-electron chi connectivity index (χ1n) is 5.13. The summed E-state index contributed by atoms with van der Waals surface area (Å²) in [6.45, 7) is 0.221. The second kappa shape index (κ2) is 6.62. The maximum absolute atomic E-state index is 11.9. The lowest BCUT2D eigenvalue weighted by atomic mass is 10.1. The average molecular weight is 310 g/mol. The Morgan fingerprint density at radius 2 is 1.75 bits per heavy atom. The fraction of sp³-hybridized carbons (Fsp3) is 0.273. The number of benzene rings is 1. The van der Waals surface area contributed by atoms with Gasteiger partial charge in [-0.3, -0.25) is 13.8 Å². The predicted molar refractivity (Wildman–Crippen MR) is 62.2 cm³/mol. The molecular formula is C11H9F3O5S. The molecule has 0 aliphatic carbocycles. The van der Waals surface area contributed by atoms with Gasteiger partial charge in [-0.05, 0) is 24.3 Å². The van der Waals surface area contributed by atoms with Crippen LogP contribution < -0.4 is 4.74 Å². The first kappa shape index (κ1) is 16.3. The summed E-state index contributed by atoms with van der Waals surface area (Å²) in [5.41, 5.74) is -4.99. The number of ketones is 1. The molecule has 0 spiro atoms. The van der Waals surface area contributed by atoms with E-state index in [0.717, 1.165) is 0 Å². The van der Waals surface area contributed by atoms with Gasteiger partial charge in [-0.25, -0.2) is 4.21 Å². The maximum Gasteiger partial charge on any atom is 0.497 e. The summed E-state index contributed by atoms with van der Waals surface area (Å²) < 4.78 is 54.8. The van der Waals surface area contributed by atoms with Gasteiger partial charge >= 0.3 is 11.5 Å². The van der Waals surface area contributed by atoms with Crippen molar-refractivity contribution in [2.75, 3.05) is 6.61 Å². The molecule has 0 N–H and O–H groups in total. The number of esters is 1. The van der Waals surface area contributed by atoms with E-state index in [1.54, 1.807) is 0 Å². The molecule has 1 rings (SSSR count). The highest BCUT2D eigenvalue weighted by Gasteiger charge is 2.39. The highest BCUT2D eigenvalue weighted by atomic mass is 32.2. The van der Waals surface area contributed by atoms with Crippen LogP contribution in [0.4, 0.5) is 13.2 Å². The van der Waals surface area contributed by atoms with Crippen LogP contribution in [-0.4, -0.2) is 28.1 Å². The molecule has 0 saturated heterocycles. The number of hydrogen-bond donors (Lipinski definition) is 0. The van der Waals surface area contributed by atoms with Gasteiger partial charge in [0.15, 0.2) is 5.78 Å². The highest BCUT2D eigenvalue weighted by molar-refractivity contribution is 7.81. The number of carbonyl (C=O) groups excluding carboxylic acids is 2. The van der Waals surface area contributed by atoms with Crippen molar-refractivity contribution in [1.29, 1.82) is 0 Å². The Morgan fingerprint density at radius 1 is 1.20 bits per heavy atom. The van der Waals surface area contributed by atoms with Gasteiger partial charge in [-0.2, -0.15) is 13.2 Å². The molecule has 0 amide bonds. The Balaban J connectivity index is 2.60. The van der Waals surface area contributed by atoms with Crippen LogP contribution in [0.25, 0.3) is 0 Å². The summed E-state index contributed by atoms with van der Waals surface area (Å²) >= 11 is -3.53. The lowest BCUT2D eigenvalue weighted by molar-refractivity contribution is -0.131. The van der Waals surface area contributed by atoms with Crippen molar-refractivity contribution in [2.45, 2.75) is 12.4 Å². The van der Waals surface area contributed by atoms with Crippen LogP contribution >= 0.6 is 0 Å². The maximum atomic E-state index is 11.9. The lowest BCUT2D eigenvalue weighted by Gasteiger charge is -2.06. The fourth-order valence-electron chi connectivity index (χ4n) is 1.13. The van der Waals surface area contributed by atoms with Crippen LogP contribution in [0.3, 0.4) is 0 Å². The molecule has 0 aromatic heterocycles. The zero-order chi connectivity index (χ0) is 15.3. The molecule has 0 heterocycles. The minimum Gasteiger partial charge on any atom is -0.427 e. The second-order valence-electron chi connectivity index (χ2n) is 3.48. The van der Waals surface area contributed by atoms with E-state index in [0.29, 0.717) is 0 Å². The summed E-state index contributed by atoms with van der Waals surface area (Å²) in [6.07, 6.45) is 0. The molecule has 110 valence electrons. The lowest BCUT2D eigenvalue weighted by Crippen LogP contribution is -2.21. The minimum absolute atomic E-state index is 0.0417. The van der Waals surface area contributed by atoms with Gasteiger partial charge in [-0.15, -0.1) is 0 Å². The van der Waals surface area contributed by atoms with Gasteiger partial charge in [0.25, 0.3) is 11.1 Å². The molecule has 1 atom stereocenters. The topological polar surface area (TPSA) is 69.7 Å². The number of carbonyl (C=O) groups is 2.